The summed E-state index contributed by atoms with van der Waals surface area (Å²) in [6.07, 6.45) is 1.58. The van der Waals surface area contributed by atoms with Crippen LogP contribution in [0.5, 0.6) is 0 Å². The summed E-state index contributed by atoms with van der Waals surface area (Å²) in [4.78, 5) is 22.6. The fourth-order valence-electron chi connectivity index (χ4n) is 2.62. The van der Waals surface area contributed by atoms with Crippen LogP contribution < -0.4 is 10.6 Å². The Morgan fingerprint density at radius 1 is 1.22 bits per heavy atom. The number of nitro groups is 1. The van der Waals surface area contributed by atoms with Crippen molar-refractivity contribution >= 4 is 34.6 Å². The molecule has 0 fully saturated rings. The van der Waals surface area contributed by atoms with E-state index >= 15 is 0 Å². The molecule has 0 aliphatic rings. The summed E-state index contributed by atoms with van der Waals surface area (Å²) in [7, 11) is 1.47. The molecule has 0 bridgehead atoms. The van der Waals surface area contributed by atoms with Crippen LogP contribution in [0.15, 0.2) is 48.7 Å². The van der Waals surface area contributed by atoms with Crippen molar-refractivity contribution < 1.29 is 9.72 Å². The Balaban J connectivity index is 1.96. The highest BCUT2D eigenvalue weighted by atomic mass is 35.5. The van der Waals surface area contributed by atoms with Crippen molar-refractivity contribution in [2.75, 3.05) is 12.4 Å². The van der Waals surface area contributed by atoms with Crippen LogP contribution in [-0.2, 0) is 0 Å². The molecule has 3 rings (SSSR count). The van der Waals surface area contributed by atoms with E-state index in [2.05, 4.69) is 15.7 Å². The predicted octanol–water partition coefficient (Wildman–Crippen LogP) is 3.85. The Kier molecular flexibility index (Phi) is 5.09. The number of hydrogen-bond acceptors (Lipinski definition) is 5. The number of benzene rings is 2. The molecule has 2 aromatic carbocycles. The van der Waals surface area contributed by atoms with E-state index in [-0.39, 0.29) is 16.9 Å². The number of rotatable bonds is 5. The normalized spacial score (nSPS) is 10.5. The summed E-state index contributed by atoms with van der Waals surface area (Å²) in [6.45, 7) is 1.83. The third-order valence-corrected chi connectivity index (χ3v) is 4.25. The smallest absolute Gasteiger partial charge is 0.293 e. The number of carbonyl (C=O) groups excluding carboxylic acids is 1. The lowest BCUT2D eigenvalue weighted by Gasteiger charge is -2.09. The van der Waals surface area contributed by atoms with Gasteiger partial charge in [0, 0.05) is 23.7 Å². The second kappa shape index (κ2) is 7.46. The van der Waals surface area contributed by atoms with E-state index in [0.29, 0.717) is 10.7 Å². The maximum atomic E-state index is 11.7. The Morgan fingerprint density at radius 3 is 2.67 bits per heavy atom. The van der Waals surface area contributed by atoms with Crippen molar-refractivity contribution in [2.45, 2.75) is 6.92 Å². The fourth-order valence-corrected chi connectivity index (χ4v) is 2.80. The van der Waals surface area contributed by atoms with Crippen molar-refractivity contribution in [3.05, 3.63) is 75.1 Å². The predicted molar refractivity (Wildman–Crippen MR) is 103 cm³/mol. The van der Waals surface area contributed by atoms with E-state index in [1.54, 1.807) is 23.0 Å². The highest BCUT2D eigenvalue weighted by Gasteiger charge is 2.19. The zero-order valence-corrected chi connectivity index (χ0v) is 15.3. The molecule has 0 unspecified atom stereocenters. The molecular formula is C18H16ClN5O3. The summed E-state index contributed by atoms with van der Waals surface area (Å²) in [5.74, 6) is -0.394. The van der Waals surface area contributed by atoms with Gasteiger partial charge < -0.3 is 10.6 Å². The summed E-state index contributed by atoms with van der Waals surface area (Å²) in [5.41, 5.74) is 2.40. The molecule has 9 heteroatoms. The Labute approximate surface area is 159 Å². The molecule has 8 nitrogen and oxygen atoms in total. The first-order chi connectivity index (χ1) is 12.9. The highest BCUT2D eigenvalue weighted by molar-refractivity contribution is 6.30. The second-order valence-corrected chi connectivity index (χ2v) is 6.16. The lowest BCUT2D eigenvalue weighted by molar-refractivity contribution is -0.383. The molecule has 0 radical (unpaired) electrons. The molecule has 1 aromatic heterocycles. The van der Waals surface area contributed by atoms with Crippen molar-refractivity contribution in [2.24, 2.45) is 0 Å². The average Bonchev–Trinajstić information content (AvgIpc) is 3.01. The van der Waals surface area contributed by atoms with Crippen molar-refractivity contribution in [3.63, 3.8) is 0 Å². The third-order valence-electron chi connectivity index (χ3n) is 4.02. The van der Waals surface area contributed by atoms with E-state index in [1.165, 1.54) is 25.2 Å². The van der Waals surface area contributed by atoms with Gasteiger partial charge in [-0.1, -0.05) is 17.7 Å². The van der Waals surface area contributed by atoms with Crippen LogP contribution in [0.2, 0.25) is 5.02 Å². The SMILES string of the molecule is CNC(=O)c1ccc(Nc2cnn(-c3cccc(Cl)c3)c2C)c([N+](=O)[O-])c1. The maximum Gasteiger partial charge on any atom is 0.293 e. The summed E-state index contributed by atoms with van der Waals surface area (Å²) >= 11 is 6.03. The fraction of sp³-hybridized carbons (Fsp3) is 0.111. The summed E-state index contributed by atoms with van der Waals surface area (Å²) in [6, 6.07) is 11.5. The van der Waals surface area contributed by atoms with Gasteiger partial charge in [0.25, 0.3) is 11.6 Å². The standard InChI is InChI=1S/C18H16ClN5O3/c1-11-16(10-21-23(11)14-5-3-4-13(19)9-14)22-15-7-6-12(18(25)20-2)8-17(15)24(26)27/h3-10,22H,1-2H3,(H,20,25). The molecule has 0 saturated heterocycles. The molecule has 138 valence electrons. The monoisotopic (exact) mass is 385 g/mol. The number of aromatic nitrogens is 2. The zero-order valence-electron chi connectivity index (χ0n) is 14.6. The van der Waals surface area contributed by atoms with Gasteiger partial charge in [-0.2, -0.15) is 5.10 Å². The van der Waals surface area contributed by atoms with Gasteiger partial charge in [0.1, 0.15) is 5.69 Å². The molecule has 0 atom stereocenters. The molecule has 0 saturated carbocycles. The topological polar surface area (TPSA) is 102 Å². The van der Waals surface area contributed by atoms with Crippen LogP contribution in [0.1, 0.15) is 16.1 Å². The van der Waals surface area contributed by atoms with E-state index < -0.39 is 10.8 Å². The summed E-state index contributed by atoms with van der Waals surface area (Å²) < 4.78 is 1.68. The molecule has 0 aliphatic carbocycles. The van der Waals surface area contributed by atoms with Gasteiger partial charge in [-0.15, -0.1) is 0 Å². The van der Waals surface area contributed by atoms with Crippen LogP contribution in [0.4, 0.5) is 17.1 Å². The van der Waals surface area contributed by atoms with Gasteiger partial charge in [-0.05, 0) is 37.3 Å². The van der Waals surface area contributed by atoms with Crippen molar-refractivity contribution in [1.29, 1.82) is 0 Å². The van der Waals surface area contributed by atoms with E-state index in [0.717, 1.165) is 11.4 Å². The number of nitro benzene ring substituents is 1. The van der Waals surface area contributed by atoms with Crippen LogP contribution in [0, 0.1) is 17.0 Å². The second-order valence-electron chi connectivity index (χ2n) is 5.73. The first kappa shape index (κ1) is 18.4. The minimum atomic E-state index is -0.536. The van der Waals surface area contributed by atoms with Crippen LogP contribution in [-0.4, -0.2) is 27.7 Å². The Hall–Kier alpha value is -3.39. The first-order valence-electron chi connectivity index (χ1n) is 7.99. The van der Waals surface area contributed by atoms with Gasteiger partial charge >= 0.3 is 0 Å². The quantitative estimate of drug-likeness (QED) is 0.513. The number of halogens is 1. The Morgan fingerprint density at radius 2 is 2.00 bits per heavy atom. The number of nitrogens with one attached hydrogen (secondary N) is 2. The molecule has 2 N–H and O–H groups in total. The van der Waals surface area contributed by atoms with E-state index in [4.69, 9.17) is 11.6 Å². The highest BCUT2D eigenvalue weighted by Crippen LogP contribution is 2.30. The first-order valence-corrected chi connectivity index (χ1v) is 8.36. The average molecular weight is 386 g/mol. The van der Waals surface area contributed by atoms with Crippen LogP contribution >= 0.6 is 11.6 Å². The van der Waals surface area contributed by atoms with Gasteiger partial charge in [-0.3, -0.25) is 14.9 Å². The largest absolute Gasteiger partial charge is 0.355 e. The minimum Gasteiger partial charge on any atom is -0.355 e. The van der Waals surface area contributed by atoms with Gasteiger partial charge in [0.05, 0.1) is 28.2 Å². The number of amides is 1. The van der Waals surface area contributed by atoms with E-state index in [1.807, 2.05) is 19.1 Å². The van der Waals surface area contributed by atoms with Crippen LogP contribution in [0.3, 0.4) is 0 Å². The maximum absolute atomic E-state index is 11.7. The zero-order chi connectivity index (χ0) is 19.6. The van der Waals surface area contributed by atoms with Gasteiger partial charge in [-0.25, -0.2) is 4.68 Å². The molecule has 0 aliphatic heterocycles. The summed E-state index contributed by atoms with van der Waals surface area (Å²) in [5, 5.41) is 21.8. The number of nitrogens with zero attached hydrogens (tertiary/aromatic N) is 3. The third kappa shape index (κ3) is 3.75. The number of anilines is 2. The van der Waals surface area contributed by atoms with Gasteiger partial charge in [0.2, 0.25) is 0 Å². The molecule has 27 heavy (non-hydrogen) atoms. The minimum absolute atomic E-state index is 0.203. The molecule has 0 spiro atoms. The van der Waals surface area contributed by atoms with Gasteiger partial charge in [0.15, 0.2) is 0 Å². The lowest BCUT2D eigenvalue weighted by Crippen LogP contribution is -2.17. The molecule has 3 aromatic rings. The molecule has 1 amide bonds. The van der Waals surface area contributed by atoms with E-state index in [9.17, 15) is 14.9 Å². The lowest BCUT2D eigenvalue weighted by atomic mass is 10.1. The van der Waals surface area contributed by atoms with Crippen molar-refractivity contribution in [1.82, 2.24) is 15.1 Å². The molecular weight excluding hydrogens is 370 g/mol. The number of carbonyl (C=O) groups is 1. The van der Waals surface area contributed by atoms with Crippen LogP contribution in [0.25, 0.3) is 5.69 Å². The van der Waals surface area contributed by atoms with Crippen molar-refractivity contribution in [3.8, 4) is 5.69 Å². The number of hydrogen-bond donors (Lipinski definition) is 2. The molecule has 1 heterocycles. The Bertz CT molecular complexity index is 1030.